The van der Waals surface area contributed by atoms with Crippen molar-refractivity contribution in [3.05, 3.63) is 94.8 Å². The Hall–Kier alpha value is -2.85. The van der Waals surface area contributed by atoms with Crippen LogP contribution in [-0.2, 0) is 13.0 Å². The number of hydrogen-bond donors (Lipinski definition) is 3. The molecule has 4 heteroatoms. The molecule has 0 aliphatic heterocycles. The predicted octanol–water partition coefficient (Wildman–Crippen LogP) is 5.07. The number of aliphatic hydroxyl groups is 1. The number of halogens is 1. The minimum absolute atomic E-state index is 0.0837. The van der Waals surface area contributed by atoms with Gasteiger partial charge in [-0.25, -0.2) is 4.39 Å². The van der Waals surface area contributed by atoms with Gasteiger partial charge in [0.25, 0.3) is 0 Å². The Bertz CT molecular complexity index is 891. The lowest BCUT2D eigenvalue weighted by molar-refractivity contribution is 0.273. The van der Waals surface area contributed by atoms with E-state index in [9.17, 15) is 9.50 Å². The van der Waals surface area contributed by atoms with Crippen molar-refractivity contribution in [1.29, 1.82) is 0 Å². The number of para-hydroxylation sites is 1. The summed E-state index contributed by atoms with van der Waals surface area (Å²) in [6, 6.07) is 21.1. The van der Waals surface area contributed by atoms with Crippen LogP contribution >= 0.6 is 0 Å². The largest absolute Gasteiger partial charge is 0.394 e. The highest BCUT2D eigenvalue weighted by molar-refractivity contribution is 5.70. The zero-order valence-electron chi connectivity index (χ0n) is 16.4. The van der Waals surface area contributed by atoms with Gasteiger partial charge in [0.05, 0.1) is 24.0 Å². The maximum atomic E-state index is 14.5. The van der Waals surface area contributed by atoms with Crippen LogP contribution < -0.4 is 10.6 Å². The molecule has 0 amide bonds. The Morgan fingerprint density at radius 3 is 2.07 bits per heavy atom. The van der Waals surface area contributed by atoms with E-state index in [0.29, 0.717) is 24.3 Å². The highest BCUT2D eigenvalue weighted by Crippen LogP contribution is 2.27. The second-order valence-corrected chi connectivity index (χ2v) is 7.22. The lowest BCUT2D eigenvalue weighted by Crippen LogP contribution is -2.27. The summed E-state index contributed by atoms with van der Waals surface area (Å²) in [4.78, 5) is 0. The summed E-state index contributed by atoms with van der Waals surface area (Å²) < 4.78 is 14.5. The summed E-state index contributed by atoms with van der Waals surface area (Å²) in [5.74, 6) is -0.337. The fourth-order valence-corrected chi connectivity index (χ4v) is 3.10. The van der Waals surface area contributed by atoms with Gasteiger partial charge in [0.15, 0.2) is 0 Å². The molecule has 0 heterocycles. The lowest BCUT2D eigenvalue weighted by atomic mass is 10.0. The normalized spacial score (nSPS) is 11.9. The molecule has 0 saturated carbocycles. The highest BCUT2D eigenvalue weighted by Gasteiger charge is 2.14. The lowest BCUT2D eigenvalue weighted by Gasteiger charge is -2.21. The molecule has 146 valence electrons. The first-order chi connectivity index (χ1) is 13.5. The Morgan fingerprint density at radius 1 is 0.857 bits per heavy atom. The fraction of sp³-hybridized carbons (Fsp3) is 0.250. The molecule has 0 aromatic heterocycles. The third-order valence-corrected chi connectivity index (χ3v) is 4.79. The van der Waals surface area contributed by atoms with E-state index in [1.54, 1.807) is 6.07 Å². The van der Waals surface area contributed by atoms with Gasteiger partial charge in [0, 0.05) is 6.54 Å². The number of nitrogens with one attached hydrogen (secondary N) is 2. The van der Waals surface area contributed by atoms with Crippen molar-refractivity contribution in [3.8, 4) is 0 Å². The SMILES string of the molecule is Cc1ccc(CNc2cccc(F)c2NC(CO)Cc2ccc(C)cc2)cc1. The van der Waals surface area contributed by atoms with Crippen LogP contribution in [-0.4, -0.2) is 17.8 Å². The smallest absolute Gasteiger partial charge is 0.148 e. The third-order valence-electron chi connectivity index (χ3n) is 4.79. The summed E-state index contributed by atoms with van der Waals surface area (Å²) in [5.41, 5.74) is 5.69. The van der Waals surface area contributed by atoms with Crippen LogP contribution in [0.2, 0.25) is 0 Å². The molecule has 3 rings (SSSR count). The predicted molar refractivity (Wildman–Crippen MR) is 114 cm³/mol. The molecule has 3 aromatic rings. The number of anilines is 2. The van der Waals surface area contributed by atoms with Crippen molar-refractivity contribution in [3.63, 3.8) is 0 Å². The Labute approximate surface area is 166 Å². The maximum absolute atomic E-state index is 14.5. The number of benzene rings is 3. The molecule has 3 aromatic carbocycles. The molecular weight excluding hydrogens is 351 g/mol. The second kappa shape index (κ2) is 9.38. The van der Waals surface area contributed by atoms with Crippen LogP contribution in [0.3, 0.4) is 0 Å². The fourth-order valence-electron chi connectivity index (χ4n) is 3.10. The molecule has 0 aliphatic rings. The standard InChI is InChI=1S/C24H27FN2O/c1-17-6-10-19(11-7-17)14-21(16-28)27-24-22(25)4-3-5-23(24)26-15-20-12-8-18(2)9-13-20/h3-13,21,26-28H,14-16H2,1-2H3. The van der Waals surface area contributed by atoms with Gasteiger partial charge in [-0.05, 0) is 43.5 Å². The van der Waals surface area contributed by atoms with Crippen molar-refractivity contribution < 1.29 is 9.50 Å². The van der Waals surface area contributed by atoms with Crippen molar-refractivity contribution in [2.75, 3.05) is 17.2 Å². The van der Waals surface area contributed by atoms with Gasteiger partial charge in [-0.3, -0.25) is 0 Å². The van der Waals surface area contributed by atoms with Crippen molar-refractivity contribution in [2.24, 2.45) is 0 Å². The topological polar surface area (TPSA) is 44.3 Å². The molecule has 0 saturated heterocycles. The average molecular weight is 378 g/mol. The van der Waals surface area contributed by atoms with Crippen LogP contribution in [0.15, 0.2) is 66.7 Å². The van der Waals surface area contributed by atoms with Crippen LogP contribution in [0.25, 0.3) is 0 Å². The zero-order valence-corrected chi connectivity index (χ0v) is 16.4. The van der Waals surface area contributed by atoms with E-state index in [4.69, 9.17) is 0 Å². The van der Waals surface area contributed by atoms with Crippen molar-refractivity contribution in [1.82, 2.24) is 0 Å². The molecule has 0 aliphatic carbocycles. The summed E-state index contributed by atoms with van der Waals surface area (Å²) >= 11 is 0. The van der Waals surface area contributed by atoms with Crippen LogP contribution in [0.4, 0.5) is 15.8 Å². The third kappa shape index (κ3) is 5.33. The van der Waals surface area contributed by atoms with Crippen LogP contribution in [0.1, 0.15) is 22.3 Å². The second-order valence-electron chi connectivity index (χ2n) is 7.22. The highest BCUT2D eigenvalue weighted by atomic mass is 19.1. The molecule has 1 unspecified atom stereocenters. The molecule has 0 radical (unpaired) electrons. The quantitative estimate of drug-likeness (QED) is 0.513. The van der Waals surface area contributed by atoms with Crippen molar-refractivity contribution in [2.45, 2.75) is 32.9 Å². The molecule has 3 nitrogen and oxygen atoms in total. The van der Waals surface area contributed by atoms with E-state index in [-0.39, 0.29) is 18.5 Å². The van der Waals surface area contributed by atoms with Gasteiger partial charge >= 0.3 is 0 Å². The van der Waals surface area contributed by atoms with Gasteiger partial charge in [0.2, 0.25) is 0 Å². The average Bonchev–Trinajstić information content (AvgIpc) is 2.70. The van der Waals surface area contributed by atoms with E-state index in [2.05, 4.69) is 41.8 Å². The Morgan fingerprint density at radius 2 is 1.46 bits per heavy atom. The first-order valence-corrected chi connectivity index (χ1v) is 9.56. The molecule has 1 atom stereocenters. The molecule has 0 bridgehead atoms. The van der Waals surface area contributed by atoms with Gasteiger partial charge in [-0.1, -0.05) is 65.7 Å². The summed E-state index contributed by atoms with van der Waals surface area (Å²) in [6.07, 6.45) is 0.614. The van der Waals surface area contributed by atoms with Crippen molar-refractivity contribution >= 4 is 11.4 Å². The minimum atomic E-state index is -0.337. The van der Waals surface area contributed by atoms with Crippen LogP contribution in [0, 0.1) is 19.7 Å². The molecule has 0 spiro atoms. The number of hydrogen-bond acceptors (Lipinski definition) is 3. The summed E-state index contributed by atoms with van der Waals surface area (Å²) in [5, 5.41) is 16.3. The summed E-state index contributed by atoms with van der Waals surface area (Å²) in [7, 11) is 0. The van der Waals surface area contributed by atoms with Gasteiger partial charge < -0.3 is 15.7 Å². The summed E-state index contributed by atoms with van der Waals surface area (Å²) in [6.45, 7) is 4.60. The van der Waals surface area contributed by atoms with Crippen LogP contribution in [0.5, 0.6) is 0 Å². The number of aryl methyl sites for hydroxylation is 2. The number of aliphatic hydroxyl groups excluding tert-OH is 1. The zero-order chi connectivity index (χ0) is 19.9. The molecule has 28 heavy (non-hydrogen) atoms. The Balaban J connectivity index is 1.72. The van der Waals surface area contributed by atoms with Gasteiger partial charge in [0.1, 0.15) is 5.82 Å². The first-order valence-electron chi connectivity index (χ1n) is 9.56. The monoisotopic (exact) mass is 378 g/mol. The van der Waals surface area contributed by atoms with E-state index in [1.165, 1.54) is 17.2 Å². The molecule has 0 fully saturated rings. The van der Waals surface area contributed by atoms with E-state index in [1.807, 2.05) is 37.3 Å². The molecular formula is C24H27FN2O. The van der Waals surface area contributed by atoms with E-state index in [0.717, 1.165) is 11.1 Å². The first kappa shape index (κ1) is 19.9. The van der Waals surface area contributed by atoms with E-state index >= 15 is 0 Å². The minimum Gasteiger partial charge on any atom is -0.394 e. The van der Waals surface area contributed by atoms with E-state index < -0.39 is 0 Å². The molecule has 3 N–H and O–H groups in total. The number of rotatable bonds is 8. The van der Waals surface area contributed by atoms with Gasteiger partial charge in [-0.2, -0.15) is 0 Å². The Kier molecular flexibility index (Phi) is 6.66. The maximum Gasteiger partial charge on any atom is 0.148 e. The van der Waals surface area contributed by atoms with Gasteiger partial charge in [-0.15, -0.1) is 0 Å².